The first-order valence-corrected chi connectivity index (χ1v) is 23.0. The van der Waals surface area contributed by atoms with E-state index in [0.29, 0.717) is 19.3 Å². The van der Waals surface area contributed by atoms with Crippen LogP contribution >= 0.6 is 0 Å². The van der Waals surface area contributed by atoms with Crippen LogP contribution in [-0.4, -0.2) is 80.6 Å². The van der Waals surface area contributed by atoms with E-state index in [1.54, 1.807) is 0 Å². The minimum absolute atomic E-state index is 0.0339. The minimum atomic E-state index is -0.887. The van der Waals surface area contributed by atoms with Crippen molar-refractivity contribution in [3.63, 3.8) is 0 Å². The number of aliphatic carboxylic acids is 1. The normalized spacial score (nSPS) is 13.6. The molecule has 0 aliphatic carbocycles. The van der Waals surface area contributed by atoms with Crippen LogP contribution in [0.1, 0.15) is 174 Å². The summed E-state index contributed by atoms with van der Waals surface area (Å²) in [5.74, 6) is -1.55. The lowest BCUT2D eigenvalue weighted by molar-refractivity contribution is -0.887. The van der Waals surface area contributed by atoms with Crippen LogP contribution in [0.25, 0.3) is 0 Å². The van der Waals surface area contributed by atoms with E-state index in [9.17, 15) is 19.5 Å². The number of allylic oxidation sites excluding steroid dienone is 12. The molecule has 332 valence electrons. The number of carbonyl (C=O) groups is 3. The largest absolute Gasteiger partial charge is 0.477 e. The van der Waals surface area contributed by atoms with E-state index in [2.05, 4.69) is 86.8 Å². The van der Waals surface area contributed by atoms with Crippen molar-refractivity contribution in [3.05, 3.63) is 72.9 Å². The van der Waals surface area contributed by atoms with Gasteiger partial charge in [-0.1, -0.05) is 151 Å². The molecule has 0 radical (unpaired) electrons. The second-order valence-corrected chi connectivity index (χ2v) is 16.3. The van der Waals surface area contributed by atoms with Gasteiger partial charge in [0.25, 0.3) is 0 Å². The summed E-state index contributed by atoms with van der Waals surface area (Å²) < 4.78 is 17.2. The van der Waals surface area contributed by atoms with E-state index >= 15 is 0 Å². The molecule has 0 saturated carbocycles. The van der Waals surface area contributed by atoms with Crippen LogP contribution in [0.3, 0.4) is 0 Å². The molecule has 8 nitrogen and oxygen atoms in total. The Kier molecular flexibility index (Phi) is 38.3. The fourth-order valence-corrected chi connectivity index (χ4v) is 6.30. The maximum absolute atomic E-state index is 12.7. The maximum Gasteiger partial charge on any atom is 0.362 e. The Bertz CT molecular complexity index is 1180. The molecule has 0 aliphatic rings. The number of unbranched alkanes of at least 4 members (excludes halogenated alkanes) is 14. The Morgan fingerprint density at radius 2 is 0.983 bits per heavy atom. The van der Waals surface area contributed by atoms with Gasteiger partial charge in [0.1, 0.15) is 6.61 Å². The van der Waals surface area contributed by atoms with Gasteiger partial charge in [-0.25, -0.2) is 4.79 Å². The van der Waals surface area contributed by atoms with Crippen LogP contribution in [0.4, 0.5) is 0 Å². The first kappa shape index (κ1) is 54.8. The smallest absolute Gasteiger partial charge is 0.362 e. The number of carbonyl (C=O) groups excluding carboxylic acids is 2. The summed E-state index contributed by atoms with van der Waals surface area (Å²) >= 11 is 0. The molecule has 0 aromatic carbocycles. The van der Waals surface area contributed by atoms with Crippen molar-refractivity contribution in [2.75, 3.05) is 41.0 Å². The molecule has 2 atom stereocenters. The predicted octanol–water partition coefficient (Wildman–Crippen LogP) is 12.7. The second-order valence-electron chi connectivity index (χ2n) is 16.3. The monoisotopic (exact) mass is 813 g/mol. The first-order chi connectivity index (χ1) is 28.1. The summed E-state index contributed by atoms with van der Waals surface area (Å²) in [6.07, 6.45) is 50.9. The molecule has 0 spiro atoms. The van der Waals surface area contributed by atoms with Gasteiger partial charge in [-0.05, 0) is 77.0 Å². The number of carboxylic acid groups (broad SMARTS) is 1. The topological polar surface area (TPSA) is 99.1 Å². The number of carboxylic acids is 1. The molecule has 0 aromatic heterocycles. The fourth-order valence-electron chi connectivity index (χ4n) is 6.30. The molecule has 2 unspecified atom stereocenters. The van der Waals surface area contributed by atoms with Gasteiger partial charge in [0.15, 0.2) is 12.1 Å². The molecule has 0 heterocycles. The van der Waals surface area contributed by atoms with Crippen LogP contribution in [0.2, 0.25) is 0 Å². The molecule has 58 heavy (non-hydrogen) atoms. The van der Waals surface area contributed by atoms with E-state index in [0.717, 1.165) is 57.8 Å². The Balaban J connectivity index is 4.43. The molecule has 0 aliphatic heterocycles. The van der Waals surface area contributed by atoms with Crippen molar-refractivity contribution < 1.29 is 38.2 Å². The number of quaternary nitrogens is 1. The third kappa shape index (κ3) is 38.3. The first-order valence-electron chi connectivity index (χ1n) is 23.0. The molecule has 0 saturated heterocycles. The molecule has 0 aromatic rings. The lowest BCUT2D eigenvalue weighted by Crippen LogP contribution is -2.50. The van der Waals surface area contributed by atoms with Gasteiger partial charge in [-0.3, -0.25) is 9.59 Å². The number of rotatable bonds is 40. The van der Waals surface area contributed by atoms with Crippen molar-refractivity contribution in [3.8, 4) is 0 Å². The van der Waals surface area contributed by atoms with Crippen LogP contribution in [0.5, 0.6) is 0 Å². The van der Waals surface area contributed by atoms with Crippen molar-refractivity contribution in [2.24, 2.45) is 0 Å². The van der Waals surface area contributed by atoms with Gasteiger partial charge in [0.05, 0.1) is 34.4 Å². The van der Waals surface area contributed by atoms with Gasteiger partial charge in [0.2, 0.25) is 0 Å². The quantitative estimate of drug-likeness (QED) is 0.0285. The summed E-state index contributed by atoms with van der Waals surface area (Å²) in [5.41, 5.74) is 0. The fraction of sp³-hybridized carbons (Fsp3) is 0.700. The van der Waals surface area contributed by atoms with E-state index in [-0.39, 0.29) is 42.7 Å². The summed E-state index contributed by atoms with van der Waals surface area (Å²) in [4.78, 5) is 37.0. The highest BCUT2D eigenvalue weighted by molar-refractivity contribution is 5.72. The zero-order valence-electron chi connectivity index (χ0n) is 37.7. The molecule has 8 heteroatoms. The van der Waals surface area contributed by atoms with Gasteiger partial charge in [-0.2, -0.15) is 0 Å². The Morgan fingerprint density at radius 3 is 1.50 bits per heavy atom. The third-order valence-corrected chi connectivity index (χ3v) is 9.84. The lowest BCUT2D eigenvalue weighted by atomic mass is 10.1. The summed E-state index contributed by atoms with van der Waals surface area (Å²) in [5, 5.41) is 9.63. The van der Waals surface area contributed by atoms with Crippen LogP contribution < -0.4 is 0 Å². The SMILES string of the molecule is CC/C=C\C/C=C\C/C=C\C/C=C\C/C=C\CCCC(=O)OC(COCCC(C(=O)O)[N+](C)(C)C)COC(=O)CCCCCCCCC/C=C\CCCCCCCC. The highest BCUT2D eigenvalue weighted by Crippen LogP contribution is 2.13. The molecule has 0 rings (SSSR count). The molecule has 0 bridgehead atoms. The van der Waals surface area contributed by atoms with E-state index in [1.165, 1.54) is 77.0 Å². The average Bonchev–Trinajstić information content (AvgIpc) is 3.18. The average molecular weight is 813 g/mol. The van der Waals surface area contributed by atoms with E-state index in [1.807, 2.05) is 21.1 Å². The minimum Gasteiger partial charge on any atom is -0.477 e. The number of hydrogen-bond donors (Lipinski definition) is 1. The lowest BCUT2D eigenvalue weighted by Gasteiger charge is -2.31. The van der Waals surface area contributed by atoms with Crippen LogP contribution in [-0.2, 0) is 28.6 Å². The van der Waals surface area contributed by atoms with Gasteiger partial charge in [-0.15, -0.1) is 0 Å². The Morgan fingerprint density at radius 1 is 0.534 bits per heavy atom. The number of esters is 2. The predicted molar refractivity (Wildman–Crippen MR) is 243 cm³/mol. The van der Waals surface area contributed by atoms with Crippen LogP contribution in [0, 0.1) is 0 Å². The zero-order valence-corrected chi connectivity index (χ0v) is 37.7. The van der Waals surface area contributed by atoms with Gasteiger partial charge >= 0.3 is 17.9 Å². The second kappa shape index (κ2) is 40.5. The maximum atomic E-state index is 12.7. The van der Waals surface area contributed by atoms with E-state index in [4.69, 9.17) is 14.2 Å². The summed E-state index contributed by atoms with van der Waals surface area (Å²) in [6, 6.07) is -0.628. The molecular weight excluding hydrogens is 727 g/mol. The number of hydrogen-bond acceptors (Lipinski definition) is 6. The summed E-state index contributed by atoms with van der Waals surface area (Å²) in [6.45, 7) is 4.55. The van der Waals surface area contributed by atoms with Crippen molar-refractivity contribution >= 4 is 17.9 Å². The van der Waals surface area contributed by atoms with Gasteiger partial charge < -0.3 is 23.8 Å². The molecule has 0 amide bonds. The zero-order chi connectivity index (χ0) is 42.8. The standard InChI is InChI=1S/C50H85NO7/c1-6-8-10-12-14-16-18-20-22-24-26-28-30-32-34-36-38-40-48(52)57-45-46(44-56-43-42-47(50(54)55)51(3,4)5)58-49(53)41-39-37-35-33-31-29-27-25-23-21-19-17-15-13-11-9-7-2/h9,11,15,17,20-23,27,29,33,35,46-47H,6-8,10,12-14,16,18-19,24-26,28,30-32,34,36-45H2,1-5H3/p+1/b11-9-,17-15-,22-20-,23-21-,29-27-,35-33-. The van der Waals surface area contributed by atoms with Crippen molar-refractivity contribution in [1.82, 2.24) is 0 Å². The number of ether oxygens (including phenoxy) is 3. The Hall–Kier alpha value is -3.23. The molecular formula is C50H86NO7+. The van der Waals surface area contributed by atoms with Crippen molar-refractivity contribution in [1.29, 1.82) is 0 Å². The highest BCUT2D eigenvalue weighted by Gasteiger charge is 2.31. The summed E-state index contributed by atoms with van der Waals surface area (Å²) in [7, 11) is 5.50. The molecule has 1 N–H and O–H groups in total. The van der Waals surface area contributed by atoms with E-state index < -0.39 is 18.1 Å². The Labute approximate surface area is 355 Å². The number of likely N-dealkylation sites (N-methyl/N-ethyl adjacent to an activating group) is 1. The third-order valence-electron chi connectivity index (χ3n) is 9.84. The van der Waals surface area contributed by atoms with Crippen LogP contribution in [0.15, 0.2) is 72.9 Å². The number of nitrogens with zero attached hydrogens (tertiary/aromatic N) is 1. The van der Waals surface area contributed by atoms with Crippen molar-refractivity contribution in [2.45, 2.75) is 187 Å². The molecule has 0 fully saturated rings. The van der Waals surface area contributed by atoms with Gasteiger partial charge in [0, 0.05) is 19.3 Å². The highest BCUT2D eigenvalue weighted by atomic mass is 16.6.